The number of amides is 2. The number of para-hydroxylation sites is 1. The van der Waals surface area contributed by atoms with Crippen molar-refractivity contribution >= 4 is 34.8 Å². The summed E-state index contributed by atoms with van der Waals surface area (Å²) in [7, 11) is 0. The van der Waals surface area contributed by atoms with E-state index >= 15 is 0 Å². The molecular weight excluding hydrogens is 350 g/mol. The van der Waals surface area contributed by atoms with Crippen LogP contribution in [-0.4, -0.2) is 23.5 Å². The van der Waals surface area contributed by atoms with Crippen molar-refractivity contribution < 1.29 is 14.3 Å². The van der Waals surface area contributed by atoms with E-state index in [2.05, 4.69) is 24.5 Å². The maximum atomic E-state index is 12.3. The lowest BCUT2D eigenvalue weighted by Gasteiger charge is -2.12. The molecule has 0 aliphatic rings. The summed E-state index contributed by atoms with van der Waals surface area (Å²) in [6.45, 7) is 4.73. The molecule has 0 radical (unpaired) electrons. The molecule has 0 bridgehead atoms. The molecule has 0 aromatic heterocycles. The van der Waals surface area contributed by atoms with Gasteiger partial charge in [-0.25, -0.2) is 0 Å². The number of primary amides is 1. The van der Waals surface area contributed by atoms with Crippen LogP contribution in [0.25, 0.3) is 0 Å². The lowest BCUT2D eigenvalue weighted by Crippen LogP contribution is -2.34. The molecule has 0 atom stereocenters. The van der Waals surface area contributed by atoms with Crippen LogP contribution in [-0.2, 0) is 0 Å². The Hall–Kier alpha value is -2.93. The summed E-state index contributed by atoms with van der Waals surface area (Å²) in [6.07, 6.45) is 0. The fourth-order valence-electron chi connectivity index (χ4n) is 2.10. The first kappa shape index (κ1) is 19.4. The van der Waals surface area contributed by atoms with Crippen molar-refractivity contribution in [3.05, 3.63) is 59.7 Å². The molecule has 0 aliphatic heterocycles. The van der Waals surface area contributed by atoms with Gasteiger partial charge in [-0.2, -0.15) is 0 Å². The molecular formula is C19H21N3O3S. The van der Waals surface area contributed by atoms with Crippen LogP contribution in [0.3, 0.4) is 0 Å². The Balaban J connectivity index is 1.97. The third-order valence-electron chi connectivity index (χ3n) is 3.37. The number of carbonyl (C=O) groups excluding carboxylic acids is 2. The van der Waals surface area contributed by atoms with Gasteiger partial charge in [-0.05, 0) is 54.5 Å². The van der Waals surface area contributed by atoms with Crippen LogP contribution >= 0.6 is 12.2 Å². The number of rotatable bonds is 6. The number of nitrogens with one attached hydrogen (secondary N) is 2. The number of hydrogen-bond acceptors (Lipinski definition) is 4. The van der Waals surface area contributed by atoms with E-state index in [-0.39, 0.29) is 16.6 Å². The van der Waals surface area contributed by atoms with Crippen LogP contribution in [0.15, 0.2) is 48.5 Å². The Morgan fingerprint density at radius 2 is 1.77 bits per heavy atom. The monoisotopic (exact) mass is 371 g/mol. The molecule has 0 heterocycles. The van der Waals surface area contributed by atoms with Crippen molar-refractivity contribution in [2.24, 2.45) is 11.7 Å². The molecule has 7 heteroatoms. The van der Waals surface area contributed by atoms with Crippen molar-refractivity contribution in [3.8, 4) is 5.75 Å². The third-order valence-corrected chi connectivity index (χ3v) is 3.57. The Labute approximate surface area is 157 Å². The zero-order valence-electron chi connectivity index (χ0n) is 14.6. The molecule has 4 N–H and O–H groups in total. The van der Waals surface area contributed by atoms with Crippen LogP contribution in [0.4, 0.5) is 5.69 Å². The van der Waals surface area contributed by atoms with Gasteiger partial charge in [0.25, 0.3) is 11.8 Å². The first-order chi connectivity index (χ1) is 12.4. The molecule has 0 unspecified atom stereocenters. The van der Waals surface area contributed by atoms with Gasteiger partial charge in [0.2, 0.25) is 0 Å². The van der Waals surface area contributed by atoms with E-state index in [1.807, 2.05) is 0 Å². The predicted octanol–water partition coefficient (Wildman–Crippen LogP) is 2.95. The Bertz CT molecular complexity index is 804. The van der Waals surface area contributed by atoms with Crippen molar-refractivity contribution in [1.82, 2.24) is 5.32 Å². The smallest absolute Gasteiger partial charge is 0.257 e. The molecule has 0 spiro atoms. The molecule has 136 valence electrons. The largest absolute Gasteiger partial charge is 0.493 e. The zero-order chi connectivity index (χ0) is 19.1. The highest BCUT2D eigenvalue weighted by Gasteiger charge is 2.11. The van der Waals surface area contributed by atoms with E-state index in [1.54, 1.807) is 48.5 Å². The van der Waals surface area contributed by atoms with Crippen molar-refractivity contribution in [2.45, 2.75) is 13.8 Å². The topological polar surface area (TPSA) is 93.4 Å². The van der Waals surface area contributed by atoms with E-state index in [0.717, 1.165) is 0 Å². The summed E-state index contributed by atoms with van der Waals surface area (Å²) in [5.74, 6) is 0.171. The van der Waals surface area contributed by atoms with Crippen LogP contribution in [0, 0.1) is 5.92 Å². The van der Waals surface area contributed by atoms with Gasteiger partial charge >= 0.3 is 0 Å². The quantitative estimate of drug-likeness (QED) is 0.679. The molecule has 0 saturated carbocycles. The van der Waals surface area contributed by atoms with E-state index in [0.29, 0.717) is 29.5 Å². The van der Waals surface area contributed by atoms with Crippen LogP contribution in [0.1, 0.15) is 34.6 Å². The average Bonchev–Trinajstić information content (AvgIpc) is 2.60. The van der Waals surface area contributed by atoms with E-state index in [1.165, 1.54) is 0 Å². The van der Waals surface area contributed by atoms with Crippen molar-refractivity contribution in [2.75, 3.05) is 11.9 Å². The van der Waals surface area contributed by atoms with Gasteiger partial charge in [0, 0.05) is 5.56 Å². The fourth-order valence-corrected chi connectivity index (χ4v) is 2.30. The van der Waals surface area contributed by atoms with Crippen LogP contribution < -0.4 is 21.1 Å². The first-order valence-electron chi connectivity index (χ1n) is 8.11. The number of nitrogens with two attached hydrogens (primary N) is 1. The number of carbonyl (C=O) groups is 2. The van der Waals surface area contributed by atoms with Crippen molar-refractivity contribution in [3.63, 3.8) is 0 Å². The Kier molecular flexibility index (Phi) is 6.68. The zero-order valence-corrected chi connectivity index (χ0v) is 15.4. The maximum Gasteiger partial charge on any atom is 0.257 e. The van der Waals surface area contributed by atoms with Gasteiger partial charge in [-0.1, -0.05) is 26.0 Å². The number of ether oxygens (including phenoxy) is 1. The summed E-state index contributed by atoms with van der Waals surface area (Å²) >= 11 is 5.13. The highest BCUT2D eigenvalue weighted by atomic mass is 32.1. The predicted molar refractivity (Wildman–Crippen MR) is 105 cm³/mol. The van der Waals surface area contributed by atoms with Gasteiger partial charge in [0.05, 0.1) is 17.9 Å². The van der Waals surface area contributed by atoms with Gasteiger partial charge in [-0.15, -0.1) is 0 Å². The van der Waals surface area contributed by atoms with Gasteiger partial charge in [0.1, 0.15) is 5.75 Å². The summed E-state index contributed by atoms with van der Waals surface area (Å²) in [5, 5.41) is 5.45. The minimum absolute atomic E-state index is 0.0730. The van der Waals surface area contributed by atoms with E-state index in [4.69, 9.17) is 22.7 Å². The third kappa shape index (κ3) is 5.56. The lowest BCUT2D eigenvalue weighted by atomic mass is 10.1. The second kappa shape index (κ2) is 8.96. The standard InChI is InChI=1S/C19H21N3O3S/c1-12(2)11-25-14-9-7-13(8-10-14)18(24)22-19(26)21-16-6-4-3-5-15(16)17(20)23/h3-10,12H,11H2,1-2H3,(H2,20,23)(H2,21,22,24,26). The molecule has 0 saturated heterocycles. The van der Waals surface area contributed by atoms with Gasteiger partial charge in [0.15, 0.2) is 5.11 Å². The number of benzene rings is 2. The molecule has 2 amide bonds. The minimum atomic E-state index is -0.584. The first-order valence-corrected chi connectivity index (χ1v) is 8.51. The molecule has 6 nitrogen and oxygen atoms in total. The second-order valence-electron chi connectivity index (χ2n) is 6.05. The molecule has 2 aromatic carbocycles. The highest BCUT2D eigenvalue weighted by molar-refractivity contribution is 7.80. The second-order valence-corrected chi connectivity index (χ2v) is 6.46. The maximum absolute atomic E-state index is 12.3. The number of anilines is 1. The molecule has 2 rings (SSSR count). The molecule has 26 heavy (non-hydrogen) atoms. The van der Waals surface area contributed by atoms with E-state index in [9.17, 15) is 9.59 Å². The van der Waals surface area contributed by atoms with Crippen LogP contribution in [0.5, 0.6) is 5.75 Å². The average molecular weight is 371 g/mol. The summed E-state index contributed by atoms with van der Waals surface area (Å²) in [4.78, 5) is 23.7. The van der Waals surface area contributed by atoms with Crippen LogP contribution in [0.2, 0.25) is 0 Å². The van der Waals surface area contributed by atoms with E-state index < -0.39 is 5.91 Å². The fraction of sp³-hybridized carbons (Fsp3) is 0.211. The SMILES string of the molecule is CC(C)COc1ccc(C(=O)NC(=S)Nc2ccccc2C(N)=O)cc1. The highest BCUT2D eigenvalue weighted by Crippen LogP contribution is 2.15. The van der Waals surface area contributed by atoms with Gasteiger partial charge in [-0.3, -0.25) is 14.9 Å². The Morgan fingerprint density at radius 3 is 2.38 bits per heavy atom. The summed E-state index contributed by atoms with van der Waals surface area (Å²) in [6, 6.07) is 13.4. The van der Waals surface area contributed by atoms with Gasteiger partial charge < -0.3 is 15.8 Å². The number of thiocarbonyl (C=S) groups is 1. The molecule has 2 aromatic rings. The summed E-state index contributed by atoms with van der Waals surface area (Å²) < 4.78 is 5.58. The summed E-state index contributed by atoms with van der Waals surface area (Å²) in [5.41, 5.74) is 6.48. The minimum Gasteiger partial charge on any atom is -0.493 e. The Morgan fingerprint density at radius 1 is 1.12 bits per heavy atom. The molecule has 0 fully saturated rings. The molecule has 0 aliphatic carbocycles. The normalized spacial score (nSPS) is 10.3. The van der Waals surface area contributed by atoms with Crippen molar-refractivity contribution in [1.29, 1.82) is 0 Å². The lowest BCUT2D eigenvalue weighted by molar-refractivity contribution is 0.0975. The number of hydrogen-bond donors (Lipinski definition) is 3.